The summed E-state index contributed by atoms with van der Waals surface area (Å²) in [5, 5.41) is 0. The molecule has 7 nitrogen and oxygen atoms in total. The Bertz CT molecular complexity index is 2460. The van der Waals surface area contributed by atoms with Crippen molar-refractivity contribution in [3.05, 3.63) is 197 Å². The van der Waals surface area contributed by atoms with Crippen molar-refractivity contribution in [3.63, 3.8) is 0 Å². The smallest absolute Gasteiger partial charge is 0.335 e. The van der Waals surface area contributed by atoms with Crippen LogP contribution in [0.2, 0.25) is 0 Å². The zero-order chi connectivity index (χ0) is 38.0. The minimum atomic E-state index is -1.11. The molecule has 0 spiro atoms. The zero-order valence-electron chi connectivity index (χ0n) is 30.7. The number of carbonyl (C=O) groups is 2. The summed E-state index contributed by atoms with van der Waals surface area (Å²) in [4.78, 5) is 26.6. The van der Waals surface area contributed by atoms with Gasteiger partial charge in [-0.3, -0.25) is 4.79 Å². The minimum absolute atomic E-state index is 0.320. The van der Waals surface area contributed by atoms with E-state index in [0.29, 0.717) is 23.7 Å². The quantitative estimate of drug-likeness (QED) is 0.0836. The summed E-state index contributed by atoms with van der Waals surface area (Å²) in [6, 6.07) is 46.1. The standard InChI is InChI=1S/C48H38O7/c1-5-44(49)54-32-22-18-30(19-23-32)47(37-14-8-6-12-35(37)36-13-7-9-15-38(36)47)31-20-24-33(25-21-31)55-45(50)43-29-46(52-3)39-16-10-11-17-40(39)48(43,53-4)41-27-26-34(51-2)28-42(41)46/h5-28,43H,1,29H2,2-4H3. The van der Waals surface area contributed by atoms with E-state index in [-0.39, 0.29) is 0 Å². The Labute approximate surface area is 319 Å². The molecule has 0 saturated heterocycles. The molecule has 7 heteroatoms. The molecule has 6 aromatic rings. The molecule has 10 rings (SSSR count). The van der Waals surface area contributed by atoms with Crippen LogP contribution in [0.25, 0.3) is 11.1 Å². The highest BCUT2D eigenvalue weighted by molar-refractivity contribution is 5.87. The van der Waals surface area contributed by atoms with Crippen molar-refractivity contribution in [3.8, 4) is 28.4 Å². The van der Waals surface area contributed by atoms with E-state index in [9.17, 15) is 9.59 Å². The Morgan fingerprint density at radius 3 is 1.64 bits per heavy atom. The second-order valence-corrected chi connectivity index (χ2v) is 14.1. The lowest BCUT2D eigenvalue weighted by molar-refractivity contribution is -0.164. The van der Waals surface area contributed by atoms with Gasteiger partial charge in [-0.15, -0.1) is 0 Å². The van der Waals surface area contributed by atoms with Gasteiger partial charge in [-0.25, -0.2) is 4.79 Å². The lowest BCUT2D eigenvalue weighted by Gasteiger charge is -2.56. The van der Waals surface area contributed by atoms with Crippen LogP contribution in [0.5, 0.6) is 17.2 Å². The van der Waals surface area contributed by atoms with Gasteiger partial charge in [-0.1, -0.05) is 110 Å². The first-order valence-corrected chi connectivity index (χ1v) is 18.2. The lowest BCUT2D eigenvalue weighted by atomic mass is 9.54. The number of benzene rings is 6. The number of rotatable bonds is 9. The summed E-state index contributed by atoms with van der Waals surface area (Å²) in [6.07, 6.45) is 1.46. The molecule has 0 radical (unpaired) electrons. The third-order valence-electron chi connectivity index (χ3n) is 11.9. The molecule has 0 saturated carbocycles. The first kappa shape index (κ1) is 34.5. The van der Waals surface area contributed by atoms with E-state index in [1.165, 1.54) is 0 Å². The van der Waals surface area contributed by atoms with E-state index in [1.807, 2.05) is 78.9 Å². The first-order valence-electron chi connectivity index (χ1n) is 18.2. The second-order valence-electron chi connectivity index (χ2n) is 14.1. The predicted molar refractivity (Wildman–Crippen MR) is 208 cm³/mol. The highest BCUT2D eigenvalue weighted by Gasteiger charge is 2.64. The van der Waals surface area contributed by atoms with Crippen LogP contribution >= 0.6 is 0 Å². The Balaban J connectivity index is 1.12. The SMILES string of the molecule is C=CC(=O)Oc1ccc(C2(c3ccc(OC(=O)C4CC5(OC)c6ccccc6C4(OC)c4ccc(OC)cc45)cc3)c3ccccc3-c3ccccc32)cc1. The molecule has 3 atom stereocenters. The Hall–Kier alpha value is -6.28. The van der Waals surface area contributed by atoms with Crippen LogP contribution in [0, 0.1) is 5.92 Å². The van der Waals surface area contributed by atoms with Gasteiger partial charge in [-0.05, 0) is 92.0 Å². The Kier molecular flexibility index (Phi) is 8.11. The molecule has 0 heterocycles. The highest BCUT2D eigenvalue weighted by Crippen LogP contribution is 2.63. The molecular weight excluding hydrogens is 689 g/mol. The van der Waals surface area contributed by atoms with Crippen molar-refractivity contribution in [2.45, 2.75) is 23.0 Å². The fraction of sp³-hybridized carbons (Fsp3) is 0.167. The van der Waals surface area contributed by atoms with Crippen molar-refractivity contribution in [1.29, 1.82) is 0 Å². The van der Waals surface area contributed by atoms with Gasteiger partial charge >= 0.3 is 11.9 Å². The Morgan fingerprint density at radius 2 is 1.09 bits per heavy atom. The monoisotopic (exact) mass is 726 g/mol. The average Bonchev–Trinajstić information content (AvgIpc) is 3.54. The molecule has 55 heavy (non-hydrogen) atoms. The van der Waals surface area contributed by atoms with Gasteiger partial charge in [0.1, 0.15) is 28.5 Å². The summed E-state index contributed by atoms with van der Waals surface area (Å²) in [5.41, 5.74) is 7.37. The molecule has 272 valence electrons. The number of ether oxygens (including phenoxy) is 5. The van der Waals surface area contributed by atoms with Gasteiger partial charge in [0, 0.05) is 26.7 Å². The maximum Gasteiger partial charge on any atom is 0.335 e. The third kappa shape index (κ3) is 4.76. The van der Waals surface area contributed by atoms with Crippen LogP contribution in [-0.4, -0.2) is 33.3 Å². The van der Waals surface area contributed by atoms with Crippen molar-refractivity contribution in [1.82, 2.24) is 0 Å². The van der Waals surface area contributed by atoms with E-state index in [1.54, 1.807) is 33.5 Å². The normalized spacial score (nSPS) is 20.7. The van der Waals surface area contributed by atoms with E-state index < -0.39 is 34.5 Å². The molecule has 2 bridgehead atoms. The van der Waals surface area contributed by atoms with Gasteiger partial charge < -0.3 is 23.7 Å². The minimum Gasteiger partial charge on any atom is -0.497 e. The van der Waals surface area contributed by atoms with Gasteiger partial charge in [0.05, 0.1) is 18.4 Å². The molecule has 6 aromatic carbocycles. The van der Waals surface area contributed by atoms with Crippen LogP contribution in [0.15, 0.2) is 152 Å². The number of fused-ring (bicyclic) bond motifs is 4. The van der Waals surface area contributed by atoms with E-state index >= 15 is 0 Å². The van der Waals surface area contributed by atoms with Crippen LogP contribution in [0.4, 0.5) is 0 Å². The largest absolute Gasteiger partial charge is 0.497 e. The molecular formula is C48H38O7. The number of carbonyl (C=O) groups excluding carboxylic acids is 2. The van der Waals surface area contributed by atoms with Gasteiger partial charge in [0.2, 0.25) is 0 Å². The van der Waals surface area contributed by atoms with Gasteiger partial charge in [-0.2, -0.15) is 0 Å². The van der Waals surface area contributed by atoms with E-state index in [2.05, 4.69) is 55.1 Å². The van der Waals surface area contributed by atoms with Crippen molar-refractivity contribution in [2.24, 2.45) is 5.92 Å². The maximum atomic E-state index is 14.6. The van der Waals surface area contributed by atoms with E-state index in [0.717, 1.165) is 61.7 Å². The maximum absolute atomic E-state index is 14.6. The molecule has 4 aliphatic carbocycles. The topological polar surface area (TPSA) is 80.3 Å². The number of esters is 2. The molecule has 0 amide bonds. The summed E-state index contributed by atoms with van der Waals surface area (Å²) in [5.74, 6) is -0.117. The summed E-state index contributed by atoms with van der Waals surface area (Å²) in [6.45, 7) is 3.52. The fourth-order valence-electron chi connectivity index (χ4n) is 9.61. The van der Waals surface area contributed by atoms with Crippen LogP contribution in [0.3, 0.4) is 0 Å². The summed E-state index contributed by atoms with van der Waals surface area (Å²) in [7, 11) is 4.97. The predicted octanol–water partition coefficient (Wildman–Crippen LogP) is 8.87. The van der Waals surface area contributed by atoms with Crippen molar-refractivity contribution >= 4 is 11.9 Å². The van der Waals surface area contributed by atoms with Crippen molar-refractivity contribution < 1.29 is 33.3 Å². The van der Waals surface area contributed by atoms with E-state index in [4.69, 9.17) is 23.7 Å². The molecule has 3 unspecified atom stereocenters. The summed E-state index contributed by atoms with van der Waals surface area (Å²) < 4.78 is 30.2. The van der Waals surface area contributed by atoms with Crippen LogP contribution in [0.1, 0.15) is 50.9 Å². The van der Waals surface area contributed by atoms with Crippen LogP contribution in [-0.2, 0) is 35.7 Å². The van der Waals surface area contributed by atoms with Crippen molar-refractivity contribution in [2.75, 3.05) is 21.3 Å². The summed E-state index contributed by atoms with van der Waals surface area (Å²) >= 11 is 0. The molecule has 0 aliphatic heterocycles. The number of hydrogen-bond donors (Lipinski definition) is 0. The lowest BCUT2D eigenvalue weighted by Crippen LogP contribution is -2.59. The zero-order valence-corrected chi connectivity index (χ0v) is 30.7. The fourth-order valence-corrected chi connectivity index (χ4v) is 9.61. The Morgan fingerprint density at radius 1 is 0.582 bits per heavy atom. The third-order valence-corrected chi connectivity index (χ3v) is 11.9. The molecule has 4 aliphatic rings. The van der Waals surface area contributed by atoms with Gasteiger partial charge in [0.15, 0.2) is 0 Å². The highest BCUT2D eigenvalue weighted by atomic mass is 16.5. The van der Waals surface area contributed by atoms with Crippen LogP contribution < -0.4 is 14.2 Å². The number of methoxy groups -OCH3 is 3. The average molecular weight is 727 g/mol. The second kappa shape index (κ2) is 12.9. The molecule has 0 aromatic heterocycles. The molecule has 0 fully saturated rings. The molecule has 0 N–H and O–H groups in total. The first-order chi connectivity index (χ1) is 26.8. The van der Waals surface area contributed by atoms with Gasteiger partial charge in [0.25, 0.3) is 0 Å². The number of hydrogen-bond acceptors (Lipinski definition) is 7.